The van der Waals surface area contributed by atoms with Crippen LogP contribution in [0.25, 0.3) is 0 Å². The predicted molar refractivity (Wildman–Crippen MR) is 88.9 cm³/mol. The maximum atomic E-state index is 13.5. The van der Waals surface area contributed by atoms with Gasteiger partial charge in [-0.15, -0.1) is 0 Å². The summed E-state index contributed by atoms with van der Waals surface area (Å²) in [5.41, 5.74) is 0.500. The van der Waals surface area contributed by atoms with Gasteiger partial charge in [0.05, 0.1) is 11.4 Å². The smallest absolute Gasteiger partial charge is 0.412 e. The van der Waals surface area contributed by atoms with Crippen LogP contribution in [0.2, 0.25) is 0 Å². The van der Waals surface area contributed by atoms with Crippen LogP contribution < -0.4 is 10.6 Å². The highest BCUT2D eigenvalue weighted by molar-refractivity contribution is 5.89. The van der Waals surface area contributed by atoms with Crippen LogP contribution in [-0.2, 0) is 4.74 Å². The molecular weight excluding hydrogens is 283 g/mol. The number of anilines is 2. The maximum absolute atomic E-state index is 13.5. The highest BCUT2D eigenvalue weighted by Crippen LogP contribution is 2.25. The first-order valence-corrected chi connectivity index (χ1v) is 7.77. The second kappa shape index (κ2) is 8.01. The number of unbranched alkanes of at least 4 members (excludes halogenated alkanes) is 1. The number of ether oxygens (including phenoxy) is 1. The Kier molecular flexibility index (Phi) is 6.65. The fraction of sp³-hybridized carbons (Fsp3) is 0.588. The first kappa shape index (κ1) is 18.3. The average molecular weight is 310 g/mol. The van der Waals surface area contributed by atoms with Crippen LogP contribution in [0, 0.1) is 5.82 Å². The van der Waals surface area contributed by atoms with Gasteiger partial charge < -0.3 is 10.1 Å². The van der Waals surface area contributed by atoms with Crippen molar-refractivity contribution in [1.29, 1.82) is 0 Å². The van der Waals surface area contributed by atoms with E-state index in [1.165, 1.54) is 18.2 Å². The standard InChI is InChI=1S/C17H27FN2O2/c1-6-7-8-12(2)19-15-11-13(18)9-10-14(15)20-16(21)22-17(3,4)5/h9-12,19H,6-8H2,1-5H3,(H,20,21). The lowest BCUT2D eigenvalue weighted by Gasteiger charge is -2.22. The molecule has 0 spiro atoms. The first-order valence-electron chi connectivity index (χ1n) is 7.77. The molecule has 0 saturated heterocycles. The lowest BCUT2D eigenvalue weighted by molar-refractivity contribution is 0.0636. The summed E-state index contributed by atoms with van der Waals surface area (Å²) in [4.78, 5) is 11.9. The van der Waals surface area contributed by atoms with E-state index in [0.29, 0.717) is 11.4 Å². The molecule has 1 amide bonds. The van der Waals surface area contributed by atoms with E-state index in [0.717, 1.165) is 19.3 Å². The molecule has 0 radical (unpaired) electrons. The minimum atomic E-state index is -0.577. The minimum absolute atomic E-state index is 0.195. The Morgan fingerprint density at radius 1 is 1.32 bits per heavy atom. The summed E-state index contributed by atoms with van der Waals surface area (Å²) in [6.07, 6.45) is 2.64. The summed E-state index contributed by atoms with van der Waals surface area (Å²) in [7, 11) is 0. The molecule has 0 aliphatic carbocycles. The van der Waals surface area contributed by atoms with Gasteiger partial charge in [-0.2, -0.15) is 0 Å². The van der Waals surface area contributed by atoms with Crippen molar-refractivity contribution in [2.75, 3.05) is 10.6 Å². The molecule has 0 fully saturated rings. The summed E-state index contributed by atoms with van der Waals surface area (Å²) in [5, 5.41) is 5.91. The molecule has 124 valence electrons. The highest BCUT2D eigenvalue weighted by atomic mass is 19.1. The fourth-order valence-corrected chi connectivity index (χ4v) is 2.01. The number of benzene rings is 1. The summed E-state index contributed by atoms with van der Waals surface area (Å²) < 4.78 is 18.7. The molecule has 1 atom stereocenters. The molecule has 1 unspecified atom stereocenters. The Bertz CT molecular complexity index is 498. The Morgan fingerprint density at radius 2 is 2.00 bits per heavy atom. The van der Waals surface area contributed by atoms with Gasteiger partial charge in [0.1, 0.15) is 11.4 Å². The van der Waals surface area contributed by atoms with Crippen LogP contribution in [0.5, 0.6) is 0 Å². The van der Waals surface area contributed by atoms with Crippen molar-refractivity contribution < 1.29 is 13.9 Å². The summed E-state index contributed by atoms with van der Waals surface area (Å²) in [6.45, 7) is 9.55. The predicted octanol–water partition coefficient (Wildman–Crippen LogP) is 5.16. The molecule has 1 aromatic rings. The highest BCUT2D eigenvalue weighted by Gasteiger charge is 2.17. The van der Waals surface area contributed by atoms with Gasteiger partial charge in [-0.05, 0) is 52.3 Å². The molecule has 0 bridgehead atoms. The molecule has 1 rings (SSSR count). The summed E-state index contributed by atoms with van der Waals surface area (Å²) in [5.74, 6) is -0.347. The van der Waals surface area contributed by atoms with E-state index in [4.69, 9.17) is 4.74 Å². The van der Waals surface area contributed by atoms with Crippen LogP contribution >= 0.6 is 0 Å². The molecular formula is C17H27FN2O2. The van der Waals surface area contributed by atoms with E-state index in [1.807, 2.05) is 6.92 Å². The Morgan fingerprint density at radius 3 is 2.59 bits per heavy atom. The molecule has 0 aliphatic heterocycles. The molecule has 4 nitrogen and oxygen atoms in total. The molecule has 22 heavy (non-hydrogen) atoms. The number of nitrogens with one attached hydrogen (secondary N) is 2. The topological polar surface area (TPSA) is 50.4 Å². The average Bonchev–Trinajstić information content (AvgIpc) is 2.37. The van der Waals surface area contributed by atoms with E-state index in [9.17, 15) is 9.18 Å². The molecule has 0 aromatic heterocycles. The summed E-state index contributed by atoms with van der Waals surface area (Å²) in [6, 6.07) is 4.43. The van der Waals surface area contributed by atoms with E-state index >= 15 is 0 Å². The van der Waals surface area contributed by atoms with Gasteiger partial charge in [-0.1, -0.05) is 19.8 Å². The third-order valence-corrected chi connectivity index (χ3v) is 3.01. The van der Waals surface area contributed by atoms with Gasteiger partial charge >= 0.3 is 6.09 Å². The Labute approximate surface area is 132 Å². The van der Waals surface area contributed by atoms with Crippen LogP contribution in [0.4, 0.5) is 20.6 Å². The third-order valence-electron chi connectivity index (χ3n) is 3.01. The van der Waals surface area contributed by atoms with E-state index in [2.05, 4.69) is 17.6 Å². The van der Waals surface area contributed by atoms with Gasteiger partial charge in [0, 0.05) is 6.04 Å². The number of amides is 1. The van der Waals surface area contributed by atoms with Crippen molar-refractivity contribution in [3.63, 3.8) is 0 Å². The Balaban J connectivity index is 2.80. The number of hydrogen-bond acceptors (Lipinski definition) is 3. The van der Waals surface area contributed by atoms with Crippen molar-refractivity contribution in [3.05, 3.63) is 24.0 Å². The van der Waals surface area contributed by atoms with E-state index in [-0.39, 0.29) is 11.9 Å². The SMILES string of the molecule is CCCCC(C)Nc1cc(F)ccc1NC(=O)OC(C)(C)C. The van der Waals surface area contributed by atoms with Gasteiger partial charge in [0.15, 0.2) is 0 Å². The van der Waals surface area contributed by atoms with Crippen molar-refractivity contribution in [2.24, 2.45) is 0 Å². The molecule has 2 N–H and O–H groups in total. The summed E-state index contributed by atoms with van der Waals surface area (Å²) >= 11 is 0. The second-order valence-corrected chi connectivity index (χ2v) is 6.50. The van der Waals surface area contributed by atoms with E-state index in [1.54, 1.807) is 20.8 Å². The maximum Gasteiger partial charge on any atom is 0.412 e. The normalized spacial score (nSPS) is 12.6. The number of carbonyl (C=O) groups is 1. The molecule has 1 aromatic carbocycles. The van der Waals surface area contributed by atoms with Crippen LogP contribution in [-0.4, -0.2) is 17.7 Å². The van der Waals surface area contributed by atoms with Crippen molar-refractivity contribution in [2.45, 2.75) is 65.5 Å². The zero-order chi connectivity index (χ0) is 16.8. The first-order chi connectivity index (χ1) is 10.2. The van der Waals surface area contributed by atoms with E-state index < -0.39 is 11.7 Å². The fourth-order valence-electron chi connectivity index (χ4n) is 2.01. The lowest BCUT2D eigenvalue weighted by atomic mass is 10.1. The largest absolute Gasteiger partial charge is 0.444 e. The zero-order valence-corrected chi connectivity index (χ0v) is 14.1. The van der Waals surface area contributed by atoms with Gasteiger partial charge in [0.25, 0.3) is 0 Å². The van der Waals surface area contributed by atoms with Gasteiger partial charge in [0.2, 0.25) is 0 Å². The zero-order valence-electron chi connectivity index (χ0n) is 14.1. The second-order valence-electron chi connectivity index (χ2n) is 6.50. The lowest BCUT2D eigenvalue weighted by Crippen LogP contribution is -2.27. The molecule has 5 heteroatoms. The molecule has 0 heterocycles. The van der Waals surface area contributed by atoms with Crippen LogP contribution in [0.15, 0.2) is 18.2 Å². The van der Waals surface area contributed by atoms with Gasteiger partial charge in [-0.25, -0.2) is 9.18 Å². The monoisotopic (exact) mass is 310 g/mol. The number of carbonyl (C=O) groups excluding carboxylic acids is 1. The number of rotatable bonds is 6. The van der Waals surface area contributed by atoms with Crippen LogP contribution in [0.3, 0.4) is 0 Å². The van der Waals surface area contributed by atoms with Crippen molar-refractivity contribution in [3.8, 4) is 0 Å². The van der Waals surface area contributed by atoms with Crippen LogP contribution in [0.1, 0.15) is 53.9 Å². The quantitative estimate of drug-likeness (QED) is 0.762. The molecule has 0 saturated carbocycles. The Hall–Kier alpha value is -1.78. The minimum Gasteiger partial charge on any atom is -0.444 e. The van der Waals surface area contributed by atoms with Crippen molar-refractivity contribution >= 4 is 17.5 Å². The number of halogens is 1. The van der Waals surface area contributed by atoms with Gasteiger partial charge in [-0.3, -0.25) is 5.32 Å². The van der Waals surface area contributed by atoms with Crippen molar-refractivity contribution in [1.82, 2.24) is 0 Å². The number of hydrogen-bond donors (Lipinski definition) is 2. The third kappa shape index (κ3) is 6.78. The molecule has 0 aliphatic rings.